The number of hydrogen-bond donors (Lipinski definition) is 0. The fourth-order valence-corrected chi connectivity index (χ4v) is 1.98. The highest BCUT2D eigenvalue weighted by atomic mass is 19.4. The monoisotopic (exact) mass is 518 g/mol. The van der Waals surface area contributed by atoms with Crippen molar-refractivity contribution >= 4 is 17.9 Å². The van der Waals surface area contributed by atoms with E-state index in [1.54, 1.807) is 0 Å². The Labute approximate surface area is 182 Å². The molecule has 0 saturated carbocycles. The molecule has 1 aromatic rings. The van der Waals surface area contributed by atoms with Crippen LogP contribution in [0.5, 0.6) is 11.5 Å². The normalized spacial score (nSPS) is 13.6. The lowest BCUT2D eigenvalue weighted by Gasteiger charge is -2.23. The number of halogens is 10. The Morgan fingerprint density at radius 2 is 1.32 bits per heavy atom. The predicted octanol–water partition coefficient (Wildman–Crippen LogP) is 4.14. The van der Waals surface area contributed by atoms with Crippen LogP contribution in [0.4, 0.5) is 43.9 Å². The molecule has 1 unspecified atom stereocenters. The number of esters is 3. The molecule has 0 spiro atoms. The third kappa shape index (κ3) is 5.99. The molecule has 0 fully saturated rings. The van der Waals surface area contributed by atoms with Crippen molar-refractivity contribution in [1.29, 1.82) is 0 Å². The summed E-state index contributed by atoms with van der Waals surface area (Å²) in [7, 11) is 0.752. The number of ether oxygens (including phenoxy) is 4. The van der Waals surface area contributed by atoms with E-state index in [1.807, 2.05) is 0 Å². The quantitative estimate of drug-likeness (QED) is 0.291. The van der Waals surface area contributed by atoms with E-state index in [0.717, 1.165) is 7.11 Å². The van der Waals surface area contributed by atoms with Gasteiger partial charge in [0.15, 0.2) is 11.5 Å². The third-order valence-corrected chi connectivity index (χ3v) is 3.64. The Morgan fingerprint density at radius 3 is 1.76 bits per heavy atom. The van der Waals surface area contributed by atoms with Crippen LogP contribution in [0, 0.1) is 0 Å². The molecule has 192 valence electrons. The topological polar surface area (TPSA) is 88.1 Å². The first-order valence-electron chi connectivity index (χ1n) is 8.48. The summed E-state index contributed by atoms with van der Waals surface area (Å²) >= 11 is 0. The van der Waals surface area contributed by atoms with E-state index >= 15 is 0 Å². The zero-order chi connectivity index (χ0) is 26.7. The molecule has 17 heteroatoms. The highest BCUT2D eigenvalue weighted by Crippen LogP contribution is 2.40. The van der Waals surface area contributed by atoms with Gasteiger partial charge < -0.3 is 18.9 Å². The minimum Gasteiger partial charge on any atom is -0.493 e. The van der Waals surface area contributed by atoms with Gasteiger partial charge in [0.2, 0.25) is 6.10 Å². The standard InChI is InChI=1S/C17H12F10O7/c1-3-32-11(28)10(34-13(30)15(20,21)17(25,26)27)7-4-5-8(9(6-7)31-2)33-12(29)14(18,19)16(22,23)24/h4-6,10H,3H2,1-2H3. The molecule has 0 aliphatic heterocycles. The zero-order valence-corrected chi connectivity index (χ0v) is 16.7. The van der Waals surface area contributed by atoms with Crippen molar-refractivity contribution in [1.82, 2.24) is 0 Å². The fraction of sp³-hybridized carbons (Fsp3) is 0.471. The second-order valence-electron chi connectivity index (χ2n) is 5.98. The van der Waals surface area contributed by atoms with Crippen LogP contribution in [0.3, 0.4) is 0 Å². The molecule has 1 rings (SSSR count). The SMILES string of the molecule is CCOC(=O)C(OC(=O)C(F)(F)C(F)(F)F)c1ccc(OC(=O)C(F)(F)C(F)(F)F)c(OC)c1. The van der Waals surface area contributed by atoms with Gasteiger partial charge in [0.1, 0.15) is 0 Å². The second-order valence-corrected chi connectivity index (χ2v) is 5.98. The number of methoxy groups -OCH3 is 1. The van der Waals surface area contributed by atoms with E-state index in [1.165, 1.54) is 6.92 Å². The van der Waals surface area contributed by atoms with Gasteiger partial charge in [-0.15, -0.1) is 0 Å². The molecule has 0 aliphatic carbocycles. The van der Waals surface area contributed by atoms with Crippen molar-refractivity contribution in [2.45, 2.75) is 37.2 Å². The summed E-state index contributed by atoms with van der Waals surface area (Å²) in [5, 5.41) is 0. The smallest absolute Gasteiger partial charge is 0.465 e. The van der Waals surface area contributed by atoms with Crippen molar-refractivity contribution in [2.24, 2.45) is 0 Å². The number of carbonyl (C=O) groups excluding carboxylic acids is 3. The molecule has 1 atom stereocenters. The molecule has 0 bridgehead atoms. The van der Waals surface area contributed by atoms with Gasteiger partial charge in [-0.2, -0.15) is 43.9 Å². The highest BCUT2D eigenvalue weighted by Gasteiger charge is 2.66. The first-order valence-corrected chi connectivity index (χ1v) is 8.48. The van der Waals surface area contributed by atoms with Crippen molar-refractivity contribution in [3.05, 3.63) is 23.8 Å². The number of carbonyl (C=O) groups is 3. The highest BCUT2D eigenvalue weighted by molar-refractivity contribution is 5.85. The number of rotatable bonds is 8. The van der Waals surface area contributed by atoms with Gasteiger partial charge in [-0.1, -0.05) is 6.07 Å². The second kappa shape index (κ2) is 9.92. The van der Waals surface area contributed by atoms with Crippen molar-refractivity contribution in [3.8, 4) is 11.5 Å². The third-order valence-electron chi connectivity index (χ3n) is 3.64. The summed E-state index contributed by atoms with van der Waals surface area (Å²) in [6.07, 6.45) is -15.3. The van der Waals surface area contributed by atoms with E-state index in [9.17, 15) is 58.3 Å². The molecule has 34 heavy (non-hydrogen) atoms. The first-order chi connectivity index (χ1) is 15.3. The van der Waals surface area contributed by atoms with Crippen LogP contribution in [-0.2, 0) is 23.9 Å². The Hall–Kier alpha value is -3.27. The maximum absolute atomic E-state index is 13.2. The van der Waals surface area contributed by atoms with E-state index in [-0.39, 0.29) is 0 Å². The van der Waals surface area contributed by atoms with Crippen molar-refractivity contribution in [2.75, 3.05) is 13.7 Å². The van der Waals surface area contributed by atoms with Gasteiger partial charge in [-0.05, 0) is 19.1 Å². The molecule has 0 aromatic heterocycles. The molecule has 0 radical (unpaired) electrons. The minimum atomic E-state index is -6.40. The summed E-state index contributed by atoms with van der Waals surface area (Å²) < 4.78 is 143. The summed E-state index contributed by atoms with van der Waals surface area (Å²) in [4.78, 5) is 34.6. The van der Waals surface area contributed by atoms with Crippen LogP contribution < -0.4 is 9.47 Å². The van der Waals surface area contributed by atoms with Crippen LogP contribution in [0.25, 0.3) is 0 Å². The van der Waals surface area contributed by atoms with Gasteiger partial charge in [0, 0.05) is 5.56 Å². The van der Waals surface area contributed by atoms with E-state index in [0.29, 0.717) is 18.2 Å². The lowest BCUT2D eigenvalue weighted by Crippen LogP contribution is -2.46. The maximum Gasteiger partial charge on any atom is 0.465 e. The average molecular weight is 518 g/mol. The summed E-state index contributed by atoms with van der Waals surface area (Å²) in [6.45, 7) is 0.715. The Bertz CT molecular complexity index is 924. The molecular formula is C17H12F10O7. The molecule has 0 aliphatic rings. The molecule has 0 saturated heterocycles. The van der Waals surface area contributed by atoms with Crippen LogP contribution in [0.15, 0.2) is 18.2 Å². The number of hydrogen-bond acceptors (Lipinski definition) is 7. The summed E-state index contributed by atoms with van der Waals surface area (Å²) in [6, 6.07) is 1.40. The van der Waals surface area contributed by atoms with Gasteiger partial charge in [-0.3, -0.25) is 0 Å². The van der Waals surface area contributed by atoms with Crippen molar-refractivity contribution < 1.29 is 77.2 Å². The van der Waals surface area contributed by atoms with Gasteiger partial charge in [0.25, 0.3) is 0 Å². The van der Waals surface area contributed by atoms with E-state index < -0.39 is 71.9 Å². The lowest BCUT2D eigenvalue weighted by atomic mass is 10.1. The minimum absolute atomic E-state index is 0.417. The van der Waals surface area contributed by atoms with Gasteiger partial charge >= 0.3 is 42.1 Å². The lowest BCUT2D eigenvalue weighted by molar-refractivity contribution is -0.282. The van der Waals surface area contributed by atoms with Crippen LogP contribution in [-0.4, -0.2) is 55.8 Å². The largest absolute Gasteiger partial charge is 0.493 e. The Morgan fingerprint density at radius 1 is 0.824 bits per heavy atom. The van der Waals surface area contributed by atoms with Gasteiger partial charge in [0.05, 0.1) is 13.7 Å². The Kier molecular flexibility index (Phi) is 8.39. The number of alkyl halides is 10. The zero-order valence-electron chi connectivity index (χ0n) is 16.7. The molecular weight excluding hydrogens is 506 g/mol. The fourth-order valence-electron chi connectivity index (χ4n) is 1.98. The average Bonchev–Trinajstić information content (AvgIpc) is 2.70. The molecule has 0 N–H and O–H groups in total. The number of benzene rings is 1. The first kappa shape index (κ1) is 28.8. The van der Waals surface area contributed by atoms with Crippen LogP contribution in [0.2, 0.25) is 0 Å². The summed E-state index contributed by atoms with van der Waals surface area (Å²) in [5.41, 5.74) is -0.760. The van der Waals surface area contributed by atoms with E-state index in [2.05, 4.69) is 18.9 Å². The Balaban J connectivity index is 3.37. The molecule has 7 nitrogen and oxygen atoms in total. The van der Waals surface area contributed by atoms with E-state index in [4.69, 9.17) is 0 Å². The van der Waals surface area contributed by atoms with Crippen molar-refractivity contribution in [3.63, 3.8) is 0 Å². The predicted molar refractivity (Wildman–Crippen MR) is 86.1 cm³/mol. The van der Waals surface area contributed by atoms with Crippen LogP contribution >= 0.6 is 0 Å². The molecule has 0 heterocycles. The molecule has 0 amide bonds. The van der Waals surface area contributed by atoms with Gasteiger partial charge in [-0.25, -0.2) is 14.4 Å². The summed E-state index contributed by atoms with van der Waals surface area (Å²) in [5.74, 6) is -22.0. The van der Waals surface area contributed by atoms with Crippen LogP contribution in [0.1, 0.15) is 18.6 Å². The maximum atomic E-state index is 13.2. The molecule has 1 aromatic carbocycles.